The summed E-state index contributed by atoms with van der Waals surface area (Å²) in [5.41, 5.74) is 2.82. The molecule has 0 saturated heterocycles. The van der Waals surface area contributed by atoms with Crippen molar-refractivity contribution in [1.82, 2.24) is 9.80 Å². The van der Waals surface area contributed by atoms with Crippen LogP contribution in [0, 0.1) is 0 Å². The Hall–Kier alpha value is -3.34. The number of carbonyl (C=O) groups is 2. The van der Waals surface area contributed by atoms with Gasteiger partial charge in [-0.3, -0.25) is 9.59 Å². The lowest BCUT2D eigenvalue weighted by atomic mass is 9.90. The number of fused-ring (bicyclic) bond motifs is 1. The van der Waals surface area contributed by atoms with Gasteiger partial charge in [0.25, 0.3) is 0 Å². The molecule has 1 aromatic heterocycles. The molecule has 0 aliphatic carbocycles. The summed E-state index contributed by atoms with van der Waals surface area (Å²) in [6.45, 7) is 0.761. The van der Waals surface area contributed by atoms with Gasteiger partial charge in [-0.2, -0.15) is 0 Å². The van der Waals surface area contributed by atoms with E-state index in [-0.39, 0.29) is 11.8 Å². The van der Waals surface area contributed by atoms with E-state index >= 15 is 0 Å². The van der Waals surface area contributed by atoms with E-state index in [9.17, 15) is 9.59 Å². The quantitative estimate of drug-likeness (QED) is 0.686. The van der Waals surface area contributed by atoms with Crippen molar-refractivity contribution in [2.75, 3.05) is 7.05 Å². The molecule has 2 aromatic carbocycles. The predicted molar refractivity (Wildman–Crippen MR) is 105 cm³/mol. The van der Waals surface area contributed by atoms with E-state index in [4.69, 9.17) is 4.42 Å². The Labute approximate surface area is 164 Å². The first-order valence-corrected chi connectivity index (χ1v) is 9.32. The highest BCUT2D eigenvalue weighted by molar-refractivity contribution is 5.92. The van der Waals surface area contributed by atoms with E-state index < -0.39 is 6.04 Å². The Morgan fingerprint density at radius 1 is 1.07 bits per heavy atom. The number of likely N-dealkylation sites (N-methyl/N-ethyl adjacent to an activating group) is 1. The summed E-state index contributed by atoms with van der Waals surface area (Å²) in [6, 6.07) is 20.5. The van der Waals surface area contributed by atoms with E-state index in [1.807, 2.05) is 60.7 Å². The van der Waals surface area contributed by atoms with Crippen LogP contribution in [0.3, 0.4) is 0 Å². The van der Waals surface area contributed by atoms with Gasteiger partial charge in [0.2, 0.25) is 11.8 Å². The highest BCUT2D eigenvalue weighted by atomic mass is 16.3. The van der Waals surface area contributed by atoms with E-state index in [0.29, 0.717) is 25.3 Å². The van der Waals surface area contributed by atoms with Crippen molar-refractivity contribution in [3.63, 3.8) is 0 Å². The maximum atomic E-state index is 13.4. The van der Waals surface area contributed by atoms with Gasteiger partial charge >= 0.3 is 0 Å². The second kappa shape index (κ2) is 7.72. The minimum Gasteiger partial charge on any atom is -0.467 e. The Balaban J connectivity index is 1.67. The molecule has 28 heavy (non-hydrogen) atoms. The van der Waals surface area contributed by atoms with Gasteiger partial charge < -0.3 is 14.2 Å². The zero-order valence-corrected chi connectivity index (χ0v) is 15.7. The maximum absolute atomic E-state index is 13.4. The first kappa shape index (κ1) is 18.0. The minimum absolute atomic E-state index is 0.0349. The molecule has 0 N–H and O–H groups in total. The average molecular weight is 374 g/mol. The molecule has 0 saturated carbocycles. The van der Waals surface area contributed by atoms with Crippen LogP contribution in [0.1, 0.15) is 28.5 Å². The average Bonchev–Trinajstić information content (AvgIpc) is 3.22. The monoisotopic (exact) mass is 374 g/mol. The van der Waals surface area contributed by atoms with Gasteiger partial charge in [0.15, 0.2) is 0 Å². The third kappa shape index (κ3) is 3.56. The zero-order valence-electron chi connectivity index (χ0n) is 15.7. The van der Waals surface area contributed by atoms with Crippen LogP contribution in [0.5, 0.6) is 0 Å². The van der Waals surface area contributed by atoms with Crippen LogP contribution < -0.4 is 0 Å². The summed E-state index contributed by atoms with van der Waals surface area (Å²) >= 11 is 0. The van der Waals surface area contributed by atoms with Crippen LogP contribution in [-0.4, -0.2) is 28.7 Å². The topological polar surface area (TPSA) is 53.8 Å². The second-order valence-corrected chi connectivity index (χ2v) is 7.06. The van der Waals surface area contributed by atoms with E-state index in [0.717, 1.165) is 16.7 Å². The number of benzene rings is 2. The molecule has 0 unspecified atom stereocenters. The summed E-state index contributed by atoms with van der Waals surface area (Å²) in [7, 11) is 1.74. The number of furan rings is 1. The molecule has 5 nitrogen and oxygen atoms in total. The van der Waals surface area contributed by atoms with Gasteiger partial charge in [-0.05, 0) is 28.8 Å². The highest BCUT2D eigenvalue weighted by Crippen LogP contribution is 2.33. The predicted octanol–water partition coefficient (Wildman–Crippen LogP) is 3.56. The molecule has 0 spiro atoms. The van der Waals surface area contributed by atoms with Crippen molar-refractivity contribution in [2.45, 2.75) is 25.6 Å². The summed E-state index contributed by atoms with van der Waals surface area (Å²) in [6.07, 6.45) is 1.91. The van der Waals surface area contributed by atoms with Gasteiger partial charge in [-0.1, -0.05) is 54.6 Å². The van der Waals surface area contributed by atoms with Crippen LogP contribution >= 0.6 is 0 Å². The number of hydrogen-bond donors (Lipinski definition) is 0. The van der Waals surface area contributed by atoms with Crippen LogP contribution in [0.25, 0.3) is 0 Å². The molecule has 1 aliphatic rings. The van der Waals surface area contributed by atoms with Gasteiger partial charge in [-0.15, -0.1) is 0 Å². The lowest BCUT2D eigenvalue weighted by Crippen LogP contribution is -2.47. The van der Waals surface area contributed by atoms with Gasteiger partial charge in [0.05, 0.1) is 19.2 Å². The molecule has 5 heteroatoms. The van der Waals surface area contributed by atoms with Gasteiger partial charge in [-0.25, -0.2) is 0 Å². The van der Waals surface area contributed by atoms with Gasteiger partial charge in [0, 0.05) is 13.6 Å². The lowest BCUT2D eigenvalue weighted by molar-refractivity contribution is -0.147. The standard InChI is InChI=1S/C23H22N2O3/c1-24(16-19-11-7-13-28-19)23(27)22-20-12-6-5-10-18(20)14-21(26)25(22)15-17-8-3-2-4-9-17/h2-13,22H,14-16H2,1H3/t22-/m1/s1. The van der Waals surface area contributed by atoms with Crippen molar-refractivity contribution in [3.05, 3.63) is 95.4 Å². The summed E-state index contributed by atoms with van der Waals surface area (Å²) in [5.74, 6) is 0.556. The van der Waals surface area contributed by atoms with Gasteiger partial charge in [0.1, 0.15) is 11.8 Å². The molecule has 0 fully saturated rings. The molecule has 2 heterocycles. The molecule has 2 amide bonds. The largest absolute Gasteiger partial charge is 0.467 e. The summed E-state index contributed by atoms with van der Waals surface area (Å²) in [5, 5.41) is 0. The summed E-state index contributed by atoms with van der Waals surface area (Å²) in [4.78, 5) is 29.7. The molecule has 3 aromatic rings. The molecule has 142 valence electrons. The number of carbonyl (C=O) groups excluding carboxylic acids is 2. The SMILES string of the molecule is CN(Cc1ccco1)C(=O)[C@H]1c2ccccc2CC(=O)N1Cc1ccccc1. The zero-order chi connectivity index (χ0) is 19.5. The smallest absolute Gasteiger partial charge is 0.250 e. The molecule has 0 bridgehead atoms. The van der Waals surface area contributed by atoms with E-state index in [1.165, 1.54) is 0 Å². The van der Waals surface area contributed by atoms with Crippen LogP contribution in [0.4, 0.5) is 0 Å². The number of nitrogens with zero attached hydrogens (tertiary/aromatic N) is 2. The summed E-state index contributed by atoms with van der Waals surface area (Å²) < 4.78 is 5.38. The second-order valence-electron chi connectivity index (χ2n) is 7.06. The van der Waals surface area contributed by atoms with Crippen molar-refractivity contribution < 1.29 is 14.0 Å². The third-order valence-electron chi connectivity index (χ3n) is 5.10. The van der Waals surface area contributed by atoms with E-state index in [2.05, 4.69) is 0 Å². The molecule has 1 aliphatic heterocycles. The Morgan fingerprint density at radius 2 is 1.82 bits per heavy atom. The van der Waals surface area contributed by atoms with Crippen molar-refractivity contribution in [1.29, 1.82) is 0 Å². The van der Waals surface area contributed by atoms with E-state index in [1.54, 1.807) is 29.2 Å². The number of hydrogen-bond acceptors (Lipinski definition) is 3. The van der Waals surface area contributed by atoms with Crippen molar-refractivity contribution in [2.24, 2.45) is 0 Å². The highest BCUT2D eigenvalue weighted by Gasteiger charge is 2.38. The van der Waals surface area contributed by atoms with Crippen LogP contribution in [0.15, 0.2) is 77.4 Å². The minimum atomic E-state index is -0.641. The molecular weight excluding hydrogens is 352 g/mol. The molecule has 0 radical (unpaired) electrons. The number of rotatable bonds is 5. The fourth-order valence-electron chi connectivity index (χ4n) is 3.69. The van der Waals surface area contributed by atoms with Crippen molar-refractivity contribution >= 4 is 11.8 Å². The third-order valence-corrected chi connectivity index (χ3v) is 5.10. The Kier molecular flexibility index (Phi) is 4.98. The Bertz CT molecular complexity index is 967. The Morgan fingerprint density at radius 3 is 2.57 bits per heavy atom. The normalized spacial score (nSPS) is 16.0. The van der Waals surface area contributed by atoms with Crippen molar-refractivity contribution in [3.8, 4) is 0 Å². The number of amides is 2. The lowest BCUT2D eigenvalue weighted by Gasteiger charge is -2.38. The molecular formula is C23H22N2O3. The first-order valence-electron chi connectivity index (χ1n) is 9.32. The first-order chi connectivity index (χ1) is 13.6. The molecule has 1 atom stereocenters. The van der Waals surface area contributed by atoms with Crippen LogP contribution in [0.2, 0.25) is 0 Å². The fraction of sp³-hybridized carbons (Fsp3) is 0.217. The van der Waals surface area contributed by atoms with Crippen LogP contribution in [-0.2, 0) is 29.1 Å². The molecule has 4 rings (SSSR count). The maximum Gasteiger partial charge on any atom is 0.250 e. The fourth-order valence-corrected chi connectivity index (χ4v) is 3.69.